The molecule has 1 aromatic heterocycles. The van der Waals surface area contributed by atoms with Crippen LogP contribution in [-0.2, 0) is 14.2 Å². The third-order valence-corrected chi connectivity index (χ3v) is 15.0. The molecule has 54 heavy (non-hydrogen) atoms. The number of halogens is 1. The first-order chi connectivity index (χ1) is 25.4. The zero-order valence-corrected chi connectivity index (χ0v) is 37.7. The van der Waals surface area contributed by atoms with Gasteiger partial charge in [-0.3, -0.25) is 0 Å². The Kier molecular flexibility index (Phi) is 12.3. The number of anilines is 1. The number of piperidine rings is 1. The van der Waals surface area contributed by atoms with Crippen molar-refractivity contribution in [3.63, 3.8) is 0 Å². The fourth-order valence-electron chi connectivity index (χ4n) is 7.81. The fourth-order valence-corrected chi connectivity index (χ4v) is 10.2. The lowest BCUT2D eigenvalue weighted by atomic mass is 9.84. The molecule has 4 heterocycles. The second-order valence-corrected chi connectivity index (χ2v) is 30.9. The van der Waals surface area contributed by atoms with Gasteiger partial charge in [-0.25, -0.2) is 4.79 Å². The molecule has 3 aliphatic rings. The van der Waals surface area contributed by atoms with Crippen LogP contribution in [-0.4, -0.2) is 99.3 Å². The van der Waals surface area contributed by atoms with Crippen LogP contribution in [0.15, 0.2) is 47.1 Å². The van der Waals surface area contributed by atoms with Gasteiger partial charge < -0.3 is 34.1 Å². The maximum Gasteiger partial charge on any atom is 0.410 e. The Morgan fingerprint density at radius 1 is 0.926 bits per heavy atom. The number of amides is 1. The second-order valence-electron chi connectivity index (χ2n) is 18.8. The van der Waals surface area contributed by atoms with Gasteiger partial charge in [-0.05, 0) is 115 Å². The van der Waals surface area contributed by atoms with E-state index in [9.17, 15) is 4.79 Å². The van der Waals surface area contributed by atoms with E-state index in [1.54, 1.807) is 7.11 Å². The lowest BCUT2D eigenvalue weighted by Crippen LogP contribution is -2.52. The van der Waals surface area contributed by atoms with Gasteiger partial charge in [0, 0.05) is 47.0 Å². The summed E-state index contributed by atoms with van der Waals surface area (Å²) in [5.41, 5.74) is 1.57. The number of carbonyl (C=O) groups is 1. The topological polar surface area (TPSA) is 90.3 Å². The van der Waals surface area contributed by atoms with Crippen molar-refractivity contribution < 1.29 is 23.7 Å². The SMILES string of the molecule is COc1ccc2ccc(-c3cnn4c3N[C@H](C3C[C@H]5CC[C@@H](C3)N5C(=O)OC(C)(C)C)C(Br)=C4N(COCC[Si](C)(C)C)COCC[Si](C)(C)C)cc2c1. The van der Waals surface area contributed by atoms with Crippen LogP contribution in [0, 0.1) is 5.92 Å². The number of carbonyl (C=O) groups excluding carboxylic acids is 1. The summed E-state index contributed by atoms with van der Waals surface area (Å²) in [5.74, 6) is 2.97. The Labute approximate surface area is 333 Å². The molecule has 1 N–H and O–H groups in total. The summed E-state index contributed by atoms with van der Waals surface area (Å²) >= 11 is 4.16. The van der Waals surface area contributed by atoms with E-state index in [0.717, 1.165) is 81.5 Å². The van der Waals surface area contributed by atoms with Crippen LogP contribution in [0.25, 0.3) is 27.7 Å². The molecule has 2 fully saturated rings. The van der Waals surface area contributed by atoms with Crippen LogP contribution in [0.5, 0.6) is 5.75 Å². The second kappa shape index (κ2) is 16.3. The first-order valence-electron chi connectivity index (χ1n) is 19.7. The number of methoxy groups -OCH3 is 1. The zero-order chi connectivity index (χ0) is 39.0. The van der Waals surface area contributed by atoms with Crippen molar-refractivity contribution in [1.82, 2.24) is 19.6 Å². The molecule has 0 saturated carbocycles. The number of rotatable bonds is 14. The van der Waals surface area contributed by atoms with Crippen LogP contribution in [0.2, 0.25) is 51.4 Å². The van der Waals surface area contributed by atoms with E-state index in [0.29, 0.717) is 26.7 Å². The molecule has 2 saturated heterocycles. The zero-order valence-electron chi connectivity index (χ0n) is 34.1. The van der Waals surface area contributed by atoms with E-state index in [4.69, 9.17) is 24.0 Å². The minimum atomic E-state index is -1.28. The van der Waals surface area contributed by atoms with Crippen molar-refractivity contribution in [2.75, 3.05) is 39.1 Å². The average molecular weight is 841 g/mol. The standard InChI is InChI=1S/C41H62BrN5O5Si2/c1-41(2,3)52-40(48)46-32-14-15-33(46)23-31(22-32)37-36(42)39(45(26-50-17-19-53(5,6)7)27-51-18-20-54(8,9)10)47-38(44-37)35(25-43-47)29-12-11-28-13-16-34(49-4)24-30(28)21-29/h11-13,16,21,24-25,31-33,37,44H,14-15,17-20,22-23,26-27H2,1-10H3/t31?,32-,33+,37-/m1/s1. The molecule has 2 aromatic carbocycles. The minimum absolute atomic E-state index is 0.0427. The molecule has 3 aliphatic heterocycles. The Hall–Kier alpha value is -2.85. The number of ether oxygens (including phenoxy) is 4. The highest BCUT2D eigenvalue weighted by Crippen LogP contribution is 2.47. The quantitative estimate of drug-likeness (QED) is 0.0975. The van der Waals surface area contributed by atoms with E-state index in [1.807, 2.05) is 42.6 Å². The predicted molar refractivity (Wildman–Crippen MR) is 229 cm³/mol. The van der Waals surface area contributed by atoms with Gasteiger partial charge in [0.1, 0.15) is 36.5 Å². The number of nitrogens with zero attached hydrogens (tertiary/aromatic N) is 4. The number of nitrogens with one attached hydrogen (secondary N) is 1. The summed E-state index contributed by atoms with van der Waals surface area (Å²) in [4.78, 5) is 17.7. The first kappa shape index (κ1) is 40.8. The number of aromatic nitrogens is 2. The van der Waals surface area contributed by atoms with Crippen LogP contribution in [0.1, 0.15) is 46.5 Å². The Morgan fingerprint density at radius 3 is 2.11 bits per heavy atom. The molecule has 1 unspecified atom stereocenters. The maximum absolute atomic E-state index is 13.4. The molecule has 1 amide bonds. The van der Waals surface area contributed by atoms with Gasteiger partial charge >= 0.3 is 6.09 Å². The van der Waals surface area contributed by atoms with Crippen molar-refractivity contribution in [2.24, 2.45) is 5.92 Å². The van der Waals surface area contributed by atoms with Gasteiger partial charge in [0.05, 0.1) is 23.8 Å². The first-order valence-corrected chi connectivity index (χ1v) is 27.9. The van der Waals surface area contributed by atoms with Crippen LogP contribution in [0.3, 0.4) is 0 Å². The molecular weight excluding hydrogens is 779 g/mol. The summed E-state index contributed by atoms with van der Waals surface area (Å²) in [6.07, 6.45) is 5.53. The van der Waals surface area contributed by atoms with E-state index in [2.05, 4.69) is 95.8 Å². The van der Waals surface area contributed by atoms with Crippen molar-refractivity contribution >= 4 is 60.6 Å². The van der Waals surface area contributed by atoms with E-state index >= 15 is 0 Å². The van der Waals surface area contributed by atoms with E-state index in [-0.39, 0.29) is 30.1 Å². The highest BCUT2D eigenvalue weighted by molar-refractivity contribution is 9.11. The average Bonchev–Trinajstić information content (AvgIpc) is 3.62. The smallest absolute Gasteiger partial charge is 0.410 e. The number of fused-ring (bicyclic) bond motifs is 4. The largest absolute Gasteiger partial charge is 0.497 e. The molecule has 3 aromatic rings. The summed E-state index contributed by atoms with van der Waals surface area (Å²) < 4.78 is 27.4. The lowest BCUT2D eigenvalue weighted by molar-refractivity contribution is -0.0102. The van der Waals surface area contributed by atoms with Crippen LogP contribution < -0.4 is 10.1 Å². The van der Waals surface area contributed by atoms with E-state index < -0.39 is 21.7 Å². The van der Waals surface area contributed by atoms with Crippen LogP contribution in [0.4, 0.5) is 10.6 Å². The minimum Gasteiger partial charge on any atom is -0.497 e. The van der Waals surface area contributed by atoms with Gasteiger partial charge in [0.25, 0.3) is 0 Å². The fraction of sp³-hybridized carbons (Fsp3) is 0.610. The Bertz CT molecular complexity index is 1790. The predicted octanol–water partition coefficient (Wildman–Crippen LogP) is 10.1. The van der Waals surface area contributed by atoms with Crippen molar-refractivity contribution in [2.45, 2.75) is 122 Å². The monoisotopic (exact) mass is 839 g/mol. The molecule has 13 heteroatoms. The number of hydrogen-bond acceptors (Lipinski definition) is 8. The summed E-state index contributed by atoms with van der Waals surface area (Å²) in [7, 11) is -0.865. The third kappa shape index (κ3) is 9.74. The Morgan fingerprint density at radius 2 is 1.54 bits per heavy atom. The molecule has 4 atom stereocenters. The van der Waals surface area contributed by atoms with E-state index in [1.165, 1.54) is 0 Å². The number of hydrogen-bond donors (Lipinski definition) is 1. The molecule has 0 radical (unpaired) electrons. The molecule has 0 aliphatic carbocycles. The molecule has 0 spiro atoms. The van der Waals surface area contributed by atoms with Gasteiger partial charge in [-0.15, -0.1) is 0 Å². The highest BCUT2D eigenvalue weighted by Gasteiger charge is 2.48. The van der Waals surface area contributed by atoms with Crippen molar-refractivity contribution in [1.29, 1.82) is 0 Å². The van der Waals surface area contributed by atoms with Crippen LogP contribution >= 0.6 is 15.9 Å². The van der Waals surface area contributed by atoms with Crippen molar-refractivity contribution in [3.05, 3.63) is 47.1 Å². The van der Waals surface area contributed by atoms with Gasteiger partial charge in [0.2, 0.25) is 0 Å². The normalized spacial score (nSPS) is 21.6. The summed E-state index contributed by atoms with van der Waals surface area (Å²) in [6, 6.07) is 15.1. The highest BCUT2D eigenvalue weighted by atomic mass is 79.9. The van der Waals surface area contributed by atoms with Crippen molar-refractivity contribution in [3.8, 4) is 16.9 Å². The summed E-state index contributed by atoms with van der Waals surface area (Å²) in [6.45, 7) is 22.3. The van der Waals surface area contributed by atoms with Gasteiger partial charge in [-0.2, -0.15) is 9.78 Å². The molecule has 10 nitrogen and oxygen atoms in total. The molecule has 296 valence electrons. The van der Waals surface area contributed by atoms with Gasteiger partial charge in [0.15, 0.2) is 0 Å². The van der Waals surface area contributed by atoms with Gasteiger partial charge in [-0.1, -0.05) is 57.5 Å². The molecular formula is C41H62BrN5O5Si2. The Balaban J connectivity index is 1.37. The summed E-state index contributed by atoms with van der Waals surface area (Å²) in [5, 5.41) is 11.3. The maximum atomic E-state index is 13.4. The number of benzene rings is 2. The lowest BCUT2D eigenvalue weighted by Gasteiger charge is -2.44. The third-order valence-electron chi connectivity index (χ3n) is 10.7. The molecule has 6 rings (SSSR count). The molecule has 2 bridgehead atoms.